The van der Waals surface area contributed by atoms with Gasteiger partial charge in [0.25, 0.3) is 0 Å². The van der Waals surface area contributed by atoms with Gasteiger partial charge in [0.1, 0.15) is 0 Å². The minimum Gasteiger partial charge on any atom is -0.330 e. The summed E-state index contributed by atoms with van der Waals surface area (Å²) in [5.41, 5.74) is 9.29. The van der Waals surface area contributed by atoms with Gasteiger partial charge in [0.15, 0.2) is 0 Å². The van der Waals surface area contributed by atoms with E-state index in [1.165, 1.54) is 36.8 Å². The van der Waals surface area contributed by atoms with Crippen LogP contribution in [0, 0.1) is 0 Å². The van der Waals surface area contributed by atoms with Crippen LogP contribution in [0.15, 0.2) is 18.2 Å². The lowest BCUT2D eigenvalue weighted by molar-refractivity contribution is 0.233. The molecule has 2 N–H and O–H groups in total. The fourth-order valence-electron chi connectivity index (χ4n) is 3.33. The molecule has 80 valence electrons. The molecule has 1 aromatic carbocycles. The zero-order valence-corrected chi connectivity index (χ0v) is 9.56. The van der Waals surface area contributed by atoms with E-state index in [0.29, 0.717) is 11.3 Å². The van der Waals surface area contributed by atoms with Gasteiger partial charge in [-0.3, -0.25) is 0 Å². The normalized spacial score (nSPS) is 26.4. The molecule has 0 saturated heterocycles. The summed E-state index contributed by atoms with van der Waals surface area (Å²) in [6.45, 7) is 0.759. The molecule has 2 aliphatic rings. The fourth-order valence-corrected chi connectivity index (χ4v) is 3.51. The standard InChI is InChI=1S/C13H16ClN/c14-10-2-3-12-11(6-10)9(8-15)7-13(12)4-1-5-13/h2-3,6,9H,1,4-5,7-8,15H2. The van der Waals surface area contributed by atoms with Crippen molar-refractivity contribution in [1.82, 2.24) is 0 Å². The van der Waals surface area contributed by atoms with Crippen LogP contribution in [-0.2, 0) is 5.41 Å². The Balaban J connectivity index is 2.10. The van der Waals surface area contributed by atoms with Crippen molar-refractivity contribution >= 4 is 11.6 Å². The van der Waals surface area contributed by atoms with Crippen LogP contribution in [-0.4, -0.2) is 6.54 Å². The Hall–Kier alpha value is -0.530. The first-order valence-electron chi connectivity index (χ1n) is 5.75. The van der Waals surface area contributed by atoms with Crippen molar-refractivity contribution in [2.45, 2.75) is 37.0 Å². The average Bonchev–Trinajstić information content (AvgIpc) is 2.51. The monoisotopic (exact) mass is 221 g/mol. The van der Waals surface area contributed by atoms with Gasteiger partial charge in [-0.2, -0.15) is 0 Å². The predicted octanol–water partition coefficient (Wildman–Crippen LogP) is 3.21. The third-order valence-electron chi connectivity index (χ3n) is 4.26. The zero-order valence-electron chi connectivity index (χ0n) is 8.80. The third kappa shape index (κ3) is 1.26. The van der Waals surface area contributed by atoms with Crippen molar-refractivity contribution in [2.24, 2.45) is 5.73 Å². The number of benzene rings is 1. The highest BCUT2D eigenvalue weighted by molar-refractivity contribution is 6.30. The van der Waals surface area contributed by atoms with Crippen molar-refractivity contribution < 1.29 is 0 Å². The molecule has 1 fully saturated rings. The Morgan fingerprint density at radius 1 is 1.40 bits per heavy atom. The second-order valence-corrected chi connectivity index (χ2v) is 5.44. The van der Waals surface area contributed by atoms with E-state index in [0.717, 1.165) is 11.6 Å². The van der Waals surface area contributed by atoms with Gasteiger partial charge in [-0.25, -0.2) is 0 Å². The summed E-state index contributed by atoms with van der Waals surface area (Å²) in [6.07, 6.45) is 5.31. The van der Waals surface area contributed by atoms with Crippen molar-refractivity contribution in [1.29, 1.82) is 0 Å². The van der Waals surface area contributed by atoms with Crippen molar-refractivity contribution in [2.75, 3.05) is 6.54 Å². The topological polar surface area (TPSA) is 26.0 Å². The van der Waals surface area contributed by atoms with Crippen molar-refractivity contribution in [3.63, 3.8) is 0 Å². The number of hydrogen-bond acceptors (Lipinski definition) is 1. The van der Waals surface area contributed by atoms with E-state index in [1.54, 1.807) is 0 Å². The first-order chi connectivity index (χ1) is 7.25. The summed E-state index contributed by atoms with van der Waals surface area (Å²) in [4.78, 5) is 0. The molecule has 1 aromatic rings. The maximum Gasteiger partial charge on any atom is 0.0409 e. The number of nitrogens with two attached hydrogens (primary N) is 1. The quantitative estimate of drug-likeness (QED) is 0.775. The maximum atomic E-state index is 6.06. The van der Waals surface area contributed by atoms with Crippen LogP contribution in [0.4, 0.5) is 0 Å². The van der Waals surface area contributed by atoms with Crippen LogP contribution in [0.2, 0.25) is 5.02 Å². The van der Waals surface area contributed by atoms with E-state index in [4.69, 9.17) is 17.3 Å². The van der Waals surface area contributed by atoms with Gasteiger partial charge in [0.2, 0.25) is 0 Å². The average molecular weight is 222 g/mol. The molecule has 3 rings (SSSR count). The molecule has 15 heavy (non-hydrogen) atoms. The molecule has 2 aliphatic carbocycles. The fraction of sp³-hybridized carbons (Fsp3) is 0.538. The molecule has 1 unspecified atom stereocenters. The SMILES string of the molecule is NCC1CC2(CCC2)c2ccc(Cl)cc21. The molecule has 0 bridgehead atoms. The first kappa shape index (κ1) is 9.68. The predicted molar refractivity (Wildman–Crippen MR) is 63.4 cm³/mol. The first-order valence-corrected chi connectivity index (χ1v) is 6.13. The Kier molecular flexibility index (Phi) is 2.08. The summed E-state index contributed by atoms with van der Waals surface area (Å²) in [6, 6.07) is 6.38. The van der Waals surface area contributed by atoms with Crippen LogP contribution in [0.3, 0.4) is 0 Å². The molecular weight excluding hydrogens is 206 g/mol. The minimum absolute atomic E-state index is 0.476. The Labute approximate surface area is 95.6 Å². The van der Waals surface area contributed by atoms with Gasteiger partial charge in [-0.05, 0) is 60.4 Å². The maximum absolute atomic E-state index is 6.06. The second-order valence-electron chi connectivity index (χ2n) is 5.00. The molecular formula is C13H16ClN. The van der Waals surface area contributed by atoms with Crippen LogP contribution in [0.1, 0.15) is 42.7 Å². The minimum atomic E-state index is 0.476. The van der Waals surface area contributed by atoms with E-state index in [1.807, 2.05) is 6.07 Å². The highest BCUT2D eigenvalue weighted by Gasteiger charge is 2.46. The summed E-state index contributed by atoms with van der Waals surface area (Å²) in [5, 5.41) is 0.851. The van der Waals surface area contributed by atoms with E-state index in [9.17, 15) is 0 Å². The third-order valence-corrected chi connectivity index (χ3v) is 4.49. The molecule has 2 heteroatoms. The molecule has 1 spiro atoms. The van der Waals surface area contributed by atoms with Crippen LogP contribution >= 0.6 is 11.6 Å². The Morgan fingerprint density at radius 3 is 2.80 bits per heavy atom. The largest absolute Gasteiger partial charge is 0.330 e. The van der Waals surface area contributed by atoms with Crippen LogP contribution < -0.4 is 5.73 Å². The molecule has 0 radical (unpaired) electrons. The van der Waals surface area contributed by atoms with E-state index < -0.39 is 0 Å². The molecule has 0 amide bonds. The lowest BCUT2D eigenvalue weighted by atomic mass is 9.65. The highest BCUT2D eigenvalue weighted by atomic mass is 35.5. The lowest BCUT2D eigenvalue weighted by Gasteiger charge is -2.39. The summed E-state index contributed by atoms with van der Waals surface area (Å²) in [7, 11) is 0. The molecule has 1 atom stereocenters. The van der Waals surface area contributed by atoms with E-state index in [2.05, 4.69) is 12.1 Å². The van der Waals surface area contributed by atoms with Gasteiger partial charge >= 0.3 is 0 Å². The van der Waals surface area contributed by atoms with Gasteiger partial charge in [-0.1, -0.05) is 24.1 Å². The highest BCUT2D eigenvalue weighted by Crippen LogP contribution is 2.56. The number of hydrogen-bond donors (Lipinski definition) is 1. The van der Waals surface area contributed by atoms with Gasteiger partial charge in [-0.15, -0.1) is 0 Å². The summed E-state index contributed by atoms with van der Waals surface area (Å²) in [5.74, 6) is 0.541. The van der Waals surface area contributed by atoms with Crippen LogP contribution in [0.5, 0.6) is 0 Å². The zero-order chi connectivity index (χ0) is 10.5. The summed E-state index contributed by atoms with van der Waals surface area (Å²) >= 11 is 6.06. The van der Waals surface area contributed by atoms with Crippen molar-refractivity contribution in [3.8, 4) is 0 Å². The lowest BCUT2D eigenvalue weighted by Crippen LogP contribution is -2.32. The molecule has 1 nitrogen and oxygen atoms in total. The van der Waals surface area contributed by atoms with E-state index >= 15 is 0 Å². The van der Waals surface area contributed by atoms with Gasteiger partial charge in [0.05, 0.1) is 0 Å². The van der Waals surface area contributed by atoms with Gasteiger partial charge in [0, 0.05) is 5.02 Å². The number of fused-ring (bicyclic) bond motifs is 2. The summed E-state index contributed by atoms with van der Waals surface area (Å²) < 4.78 is 0. The number of rotatable bonds is 1. The Morgan fingerprint density at radius 2 is 2.20 bits per heavy atom. The smallest absolute Gasteiger partial charge is 0.0409 e. The van der Waals surface area contributed by atoms with Crippen LogP contribution in [0.25, 0.3) is 0 Å². The van der Waals surface area contributed by atoms with Crippen molar-refractivity contribution in [3.05, 3.63) is 34.3 Å². The second kappa shape index (κ2) is 3.23. The van der Waals surface area contributed by atoms with E-state index in [-0.39, 0.29) is 0 Å². The molecule has 0 heterocycles. The number of halogens is 1. The molecule has 1 saturated carbocycles. The molecule has 0 aliphatic heterocycles. The molecule has 0 aromatic heterocycles. The van der Waals surface area contributed by atoms with Gasteiger partial charge < -0.3 is 5.73 Å². The Bertz CT molecular complexity index is 396.